The van der Waals surface area contributed by atoms with Crippen molar-refractivity contribution in [1.82, 2.24) is 0 Å². The third kappa shape index (κ3) is 13.1. The molecule has 0 amide bonds. The molecule has 2 fully saturated rings. The van der Waals surface area contributed by atoms with Gasteiger partial charge in [-0.25, -0.2) is 4.79 Å². The van der Waals surface area contributed by atoms with E-state index in [9.17, 15) is 19.5 Å². The number of carbonyl (C=O) groups excluding carboxylic acids is 2. The Hall–Kier alpha value is -4.16. The van der Waals surface area contributed by atoms with Crippen molar-refractivity contribution in [3.05, 3.63) is 64.2 Å². The summed E-state index contributed by atoms with van der Waals surface area (Å²) in [7, 11) is 0. The molecule has 2 aromatic rings. The first-order valence-corrected chi connectivity index (χ1v) is 15.1. The fourth-order valence-electron chi connectivity index (χ4n) is 5.19. The van der Waals surface area contributed by atoms with E-state index >= 15 is 0 Å². The van der Waals surface area contributed by atoms with Crippen molar-refractivity contribution in [1.29, 1.82) is 0 Å². The van der Waals surface area contributed by atoms with E-state index in [1.54, 1.807) is 12.1 Å². The van der Waals surface area contributed by atoms with Gasteiger partial charge in [0.1, 0.15) is 18.5 Å². The van der Waals surface area contributed by atoms with Gasteiger partial charge in [-0.3, -0.25) is 19.2 Å². The minimum absolute atomic E-state index is 0.0849. The molecule has 3 N–H and O–H groups in total. The summed E-state index contributed by atoms with van der Waals surface area (Å²) in [6.45, 7) is 4.96. The Balaban J connectivity index is 0.000000825. The molecular weight excluding hydrogens is 624 g/mol. The number of hydrogen-bond acceptors (Lipinski definition) is 9. The van der Waals surface area contributed by atoms with E-state index in [2.05, 4.69) is 0 Å². The highest BCUT2D eigenvalue weighted by atomic mass is 35.5. The van der Waals surface area contributed by atoms with E-state index in [1.165, 1.54) is 13.8 Å². The fourth-order valence-corrected chi connectivity index (χ4v) is 5.38. The molecule has 1 heterocycles. The van der Waals surface area contributed by atoms with E-state index in [-0.39, 0.29) is 24.8 Å². The number of esters is 2. The molecule has 1 saturated carbocycles. The number of carboxylic acid groups (broad SMARTS) is 3. The normalized spacial score (nSPS) is 19.6. The number of halogens is 1. The second-order valence-corrected chi connectivity index (χ2v) is 11.5. The molecule has 0 bridgehead atoms. The minimum atomic E-state index is -1.14. The van der Waals surface area contributed by atoms with Crippen LogP contribution in [-0.2, 0) is 44.6 Å². The maximum atomic E-state index is 11.8. The number of rotatable bonds is 9. The maximum absolute atomic E-state index is 11.8. The fraction of sp³-hybridized carbons (Fsp3) is 0.485. The first-order valence-electron chi connectivity index (χ1n) is 14.7. The van der Waals surface area contributed by atoms with E-state index < -0.39 is 35.6 Å². The largest absolute Gasteiger partial charge is 0.481 e. The van der Waals surface area contributed by atoms with Gasteiger partial charge in [-0.2, -0.15) is 0 Å². The summed E-state index contributed by atoms with van der Waals surface area (Å²) >= 11 is 6.54. The molecule has 1 aliphatic heterocycles. The van der Waals surface area contributed by atoms with Gasteiger partial charge < -0.3 is 34.3 Å². The van der Waals surface area contributed by atoms with Gasteiger partial charge in [0, 0.05) is 45.6 Å². The highest BCUT2D eigenvalue weighted by molar-refractivity contribution is 6.31. The second-order valence-electron chi connectivity index (χ2n) is 11.1. The molecule has 2 aliphatic rings. The summed E-state index contributed by atoms with van der Waals surface area (Å²) in [5.41, 5.74) is 1.63. The number of aliphatic carboxylic acids is 3. The van der Waals surface area contributed by atoms with Crippen LogP contribution >= 0.6 is 11.6 Å². The molecule has 1 aliphatic carbocycles. The molecule has 4 rings (SSSR count). The lowest BCUT2D eigenvalue weighted by Crippen LogP contribution is -2.41. The van der Waals surface area contributed by atoms with Crippen LogP contribution in [0.3, 0.4) is 0 Å². The third-order valence-corrected chi connectivity index (χ3v) is 7.41. The predicted molar refractivity (Wildman–Crippen MR) is 166 cm³/mol. The van der Waals surface area contributed by atoms with Gasteiger partial charge in [0.05, 0.1) is 12.2 Å². The average molecular weight is 665 g/mol. The van der Waals surface area contributed by atoms with Crippen LogP contribution in [0, 0.1) is 0 Å². The lowest BCUT2D eigenvalue weighted by Gasteiger charge is -2.35. The predicted octanol–water partition coefficient (Wildman–Crippen LogP) is 5.60. The van der Waals surface area contributed by atoms with Crippen LogP contribution < -0.4 is 4.74 Å². The quantitative estimate of drug-likeness (QED) is 0.282. The molecule has 1 saturated heterocycles. The van der Waals surface area contributed by atoms with Gasteiger partial charge in [0.2, 0.25) is 5.60 Å². The second kappa shape index (κ2) is 18.1. The molecule has 3 unspecified atom stereocenters. The molecule has 46 heavy (non-hydrogen) atoms. The standard InChI is InChI=1S/C29H33ClO8.2C2H4O2/c1-18(31)35-17-25-15-24(36-19(2)32)16-27(37-25)21-7-10-26(30)22(14-21)13-20-5-8-23(9-6-20)38-29(28(33)34)11-3-4-12-29;2*1-2(3)4/h5-10,14,24-25,27H,3-4,11-13,15-17H2,1-2H3,(H,33,34);2*1H3,(H,3,4). The number of carbonyl (C=O) groups is 5. The number of carboxylic acids is 3. The van der Waals surface area contributed by atoms with Gasteiger partial charge in [-0.1, -0.05) is 35.9 Å². The smallest absolute Gasteiger partial charge is 0.348 e. The lowest BCUT2D eigenvalue weighted by atomic mass is 9.93. The molecule has 2 aromatic carbocycles. The molecule has 13 heteroatoms. The van der Waals surface area contributed by atoms with Crippen molar-refractivity contribution in [3.8, 4) is 5.75 Å². The van der Waals surface area contributed by atoms with Gasteiger partial charge in [0.25, 0.3) is 11.9 Å². The van der Waals surface area contributed by atoms with Crippen LogP contribution in [0.15, 0.2) is 42.5 Å². The molecule has 12 nitrogen and oxygen atoms in total. The summed E-state index contributed by atoms with van der Waals surface area (Å²) in [5.74, 6) is -2.82. The third-order valence-electron chi connectivity index (χ3n) is 7.04. The summed E-state index contributed by atoms with van der Waals surface area (Å²) in [4.78, 5) is 52.7. The number of benzene rings is 2. The average Bonchev–Trinajstić information content (AvgIpc) is 3.43. The summed E-state index contributed by atoms with van der Waals surface area (Å²) in [6, 6.07) is 13.1. The van der Waals surface area contributed by atoms with Crippen LogP contribution in [0.5, 0.6) is 5.75 Å². The van der Waals surface area contributed by atoms with Crippen LogP contribution in [0.25, 0.3) is 0 Å². The van der Waals surface area contributed by atoms with Gasteiger partial charge in [0.15, 0.2) is 0 Å². The zero-order valence-electron chi connectivity index (χ0n) is 26.3. The zero-order chi connectivity index (χ0) is 34.4. The van der Waals surface area contributed by atoms with Crippen molar-refractivity contribution in [2.75, 3.05) is 6.61 Å². The zero-order valence-corrected chi connectivity index (χ0v) is 27.1. The van der Waals surface area contributed by atoms with Crippen molar-refractivity contribution < 1.29 is 58.2 Å². The van der Waals surface area contributed by atoms with Gasteiger partial charge in [-0.15, -0.1) is 0 Å². The molecule has 0 aromatic heterocycles. The van der Waals surface area contributed by atoms with Crippen LogP contribution in [0.4, 0.5) is 0 Å². The monoisotopic (exact) mass is 664 g/mol. The van der Waals surface area contributed by atoms with E-state index in [0.717, 1.165) is 43.4 Å². The van der Waals surface area contributed by atoms with Crippen molar-refractivity contribution >= 4 is 41.4 Å². The van der Waals surface area contributed by atoms with E-state index in [1.807, 2.05) is 30.3 Å². The SMILES string of the molecule is CC(=O)O.CC(=O)O.CC(=O)OCC1CC(OC(C)=O)CC(c2ccc(Cl)c(Cc3ccc(OC4(C(=O)O)CCCC4)cc3)c2)O1. The van der Waals surface area contributed by atoms with E-state index in [0.29, 0.717) is 42.9 Å². The Kier molecular flexibility index (Phi) is 15.0. The van der Waals surface area contributed by atoms with Crippen molar-refractivity contribution in [3.63, 3.8) is 0 Å². The summed E-state index contributed by atoms with van der Waals surface area (Å²) < 4.78 is 22.8. The highest BCUT2D eigenvalue weighted by Crippen LogP contribution is 2.37. The Labute approximate surface area is 272 Å². The van der Waals surface area contributed by atoms with Gasteiger partial charge >= 0.3 is 17.9 Å². The van der Waals surface area contributed by atoms with Crippen LogP contribution in [0.2, 0.25) is 5.02 Å². The molecule has 0 spiro atoms. The minimum Gasteiger partial charge on any atom is -0.481 e. The summed E-state index contributed by atoms with van der Waals surface area (Å²) in [6.07, 6.45) is 3.07. The number of ether oxygens (including phenoxy) is 4. The molecule has 252 valence electrons. The van der Waals surface area contributed by atoms with Crippen molar-refractivity contribution in [2.24, 2.45) is 0 Å². The number of hydrogen-bond donors (Lipinski definition) is 3. The topological polar surface area (TPSA) is 183 Å². The maximum Gasteiger partial charge on any atom is 0.348 e. The molecular formula is C33H41ClO12. The lowest BCUT2D eigenvalue weighted by molar-refractivity contribution is -0.169. The van der Waals surface area contributed by atoms with E-state index in [4.69, 9.17) is 50.4 Å². The molecule has 3 atom stereocenters. The first-order chi connectivity index (χ1) is 21.6. The van der Waals surface area contributed by atoms with Gasteiger partial charge in [-0.05, 0) is 67.0 Å². The molecule has 0 radical (unpaired) electrons. The highest BCUT2D eigenvalue weighted by Gasteiger charge is 2.43. The Morgan fingerprint density at radius 3 is 1.98 bits per heavy atom. The van der Waals surface area contributed by atoms with Crippen LogP contribution in [0.1, 0.15) is 89.0 Å². The first kappa shape index (κ1) is 38.0. The van der Waals surface area contributed by atoms with Crippen molar-refractivity contribution in [2.45, 2.75) is 96.6 Å². The Morgan fingerprint density at radius 1 is 0.870 bits per heavy atom. The van der Waals surface area contributed by atoms with Crippen LogP contribution in [-0.4, -0.2) is 69.6 Å². The Bertz CT molecular complexity index is 1330. The summed E-state index contributed by atoms with van der Waals surface area (Å²) in [5, 5.41) is 25.1. The Morgan fingerprint density at radius 2 is 1.46 bits per heavy atom.